The number of nitrogens with zero attached hydrogens (tertiary/aromatic N) is 2. The molecule has 2 aliphatic heterocycles. The molecule has 0 spiro atoms. The van der Waals surface area contributed by atoms with Crippen molar-refractivity contribution in [1.82, 2.24) is 4.90 Å². The summed E-state index contributed by atoms with van der Waals surface area (Å²) >= 11 is 0. The SMILES string of the molecule is COc1ccccc1N1CCN([C@H]2CS(=O)(=O)C[C@@H]2S(=O)(=O)c2ccc(F)cc2C)CC1. The van der Waals surface area contributed by atoms with Crippen LogP contribution >= 0.6 is 0 Å². The second-order valence-corrected chi connectivity index (χ2v) is 12.6. The lowest BCUT2D eigenvalue weighted by Crippen LogP contribution is -2.55. The van der Waals surface area contributed by atoms with Crippen LogP contribution < -0.4 is 9.64 Å². The van der Waals surface area contributed by atoms with Crippen LogP contribution in [0.2, 0.25) is 0 Å². The molecule has 2 aliphatic rings. The first-order chi connectivity index (χ1) is 15.1. The lowest BCUT2D eigenvalue weighted by atomic mass is 10.1. The maximum absolute atomic E-state index is 13.5. The number of hydrogen-bond donors (Lipinski definition) is 0. The van der Waals surface area contributed by atoms with E-state index in [1.165, 1.54) is 13.0 Å². The van der Waals surface area contributed by atoms with Crippen LogP contribution in [-0.2, 0) is 19.7 Å². The molecule has 10 heteroatoms. The summed E-state index contributed by atoms with van der Waals surface area (Å²) in [5.41, 5.74) is 1.24. The standard InChI is InChI=1S/C22H27FN2O5S2/c1-16-13-17(23)7-8-21(16)32(28,29)22-15-31(26,27)14-19(22)25-11-9-24(10-12-25)18-5-3-4-6-20(18)30-2/h3-8,13,19,22H,9-12,14-15H2,1-2H3/t19-,22-/m0/s1. The van der Waals surface area contributed by atoms with Gasteiger partial charge in [0.05, 0.1) is 34.4 Å². The quantitative estimate of drug-likeness (QED) is 0.602. The first-order valence-corrected chi connectivity index (χ1v) is 13.8. The van der Waals surface area contributed by atoms with Gasteiger partial charge in [-0.15, -0.1) is 0 Å². The molecule has 0 aliphatic carbocycles. The average Bonchev–Trinajstić information content (AvgIpc) is 3.10. The monoisotopic (exact) mass is 482 g/mol. The van der Waals surface area contributed by atoms with Gasteiger partial charge in [0.2, 0.25) is 0 Å². The fraction of sp³-hybridized carbons (Fsp3) is 0.455. The van der Waals surface area contributed by atoms with E-state index in [-0.39, 0.29) is 16.2 Å². The van der Waals surface area contributed by atoms with Gasteiger partial charge in [0.25, 0.3) is 0 Å². The van der Waals surface area contributed by atoms with Crippen molar-refractivity contribution in [3.8, 4) is 5.75 Å². The first-order valence-electron chi connectivity index (χ1n) is 10.4. The van der Waals surface area contributed by atoms with E-state index in [4.69, 9.17) is 4.74 Å². The molecule has 0 unspecified atom stereocenters. The Labute approximate surface area is 188 Å². The number of aryl methyl sites for hydroxylation is 1. The van der Waals surface area contributed by atoms with Gasteiger partial charge in [0.1, 0.15) is 11.6 Å². The van der Waals surface area contributed by atoms with Crippen molar-refractivity contribution in [1.29, 1.82) is 0 Å². The van der Waals surface area contributed by atoms with Crippen LogP contribution in [0.4, 0.5) is 10.1 Å². The molecule has 2 aromatic rings. The number of hydrogen-bond acceptors (Lipinski definition) is 7. The van der Waals surface area contributed by atoms with Gasteiger partial charge in [0.15, 0.2) is 19.7 Å². The summed E-state index contributed by atoms with van der Waals surface area (Å²) in [6.45, 7) is 3.85. The molecule has 2 heterocycles. The number of anilines is 1. The second-order valence-electron chi connectivity index (χ2n) is 8.33. The van der Waals surface area contributed by atoms with Crippen molar-refractivity contribution in [2.24, 2.45) is 0 Å². The summed E-state index contributed by atoms with van der Waals surface area (Å²) in [5, 5.41) is -1.07. The van der Waals surface area contributed by atoms with E-state index in [1.54, 1.807) is 7.11 Å². The summed E-state index contributed by atoms with van der Waals surface area (Å²) in [4.78, 5) is 4.13. The Morgan fingerprint density at radius 3 is 2.38 bits per heavy atom. The largest absolute Gasteiger partial charge is 0.495 e. The van der Waals surface area contributed by atoms with Gasteiger partial charge in [-0.3, -0.25) is 4.90 Å². The minimum Gasteiger partial charge on any atom is -0.495 e. The number of rotatable bonds is 5. The normalized spacial score (nSPS) is 23.9. The van der Waals surface area contributed by atoms with E-state index in [2.05, 4.69) is 4.90 Å². The summed E-state index contributed by atoms with van der Waals surface area (Å²) < 4.78 is 70.8. The molecule has 2 saturated heterocycles. The lowest BCUT2D eigenvalue weighted by Gasteiger charge is -2.40. The smallest absolute Gasteiger partial charge is 0.184 e. The Hall–Kier alpha value is -2.17. The van der Waals surface area contributed by atoms with Crippen molar-refractivity contribution >= 4 is 25.4 Å². The van der Waals surface area contributed by atoms with E-state index in [0.717, 1.165) is 23.6 Å². The van der Waals surface area contributed by atoms with E-state index < -0.39 is 42.5 Å². The lowest BCUT2D eigenvalue weighted by molar-refractivity contribution is 0.201. The molecule has 2 fully saturated rings. The van der Waals surface area contributed by atoms with Gasteiger partial charge < -0.3 is 9.64 Å². The fourth-order valence-corrected chi connectivity index (χ4v) is 9.77. The summed E-state index contributed by atoms with van der Waals surface area (Å²) in [5.74, 6) is -0.365. The number of piperazine rings is 1. The van der Waals surface area contributed by atoms with Gasteiger partial charge >= 0.3 is 0 Å². The van der Waals surface area contributed by atoms with Crippen LogP contribution in [-0.4, -0.2) is 77.8 Å². The van der Waals surface area contributed by atoms with Crippen LogP contribution in [0.25, 0.3) is 0 Å². The third kappa shape index (κ3) is 4.35. The number of methoxy groups -OCH3 is 1. The maximum Gasteiger partial charge on any atom is 0.184 e. The topological polar surface area (TPSA) is 84.0 Å². The molecule has 0 aromatic heterocycles. The molecule has 32 heavy (non-hydrogen) atoms. The van der Waals surface area contributed by atoms with E-state index >= 15 is 0 Å². The van der Waals surface area contributed by atoms with Crippen LogP contribution in [0.3, 0.4) is 0 Å². The highest BCUT2D eigenvalue weighted by Gasteiger charge is 2.49. The predicted molar refractivity (Wildman–Crippen MR) is 121 cm³/mol. The van der Waals surface area contributed by atoms with Crippen molar-refractivity contribution in [2.45, 2.75) is 23.1 Å². The molecule has 4 rings (SSSR count). The Balaban J connectivity index is 1.57. The number of sulfone groups is 2. The van der Waals surface area contributed by atoms with E-state index in [9.17, 15) is 21.2 Å². The molecule has 0 bridgehead atoms. The van der Waals surface area contributed by atoms with Crippen molar-refractivity contribution in [2.75, 3.05) is 49.7 Å². The molecule has 0 amide bonds. The molecule has 174 valence electrons. The van der Waals surface area contributed by atoms with Gasteiger partial charge in [-0.2, -0.15) is 0 Å². The first kappa shape index (κ1) is 23.0. The fourth-order valence-electron chi connectivity index (χ4n) is 4.71. The van der Waals surface area contributed by atoms with Crippen molar-refractivity contribution in [3.63, 3.8) is 0 Å². The zero-order valence-corrected chi connectivity index (χ0v) is 19.7. The van der Waals surface area contributed by atoms with Crippen molar-refractivity contribution in [3.05, 3.63) is 53.8 Å². The highest BCUT2D eigenvalue weighted by Crippen LogP contribution is 2.33. The average molecular weight is 483 g/mol. The van der Waals surface area contributed by atoms with Crippen LogP contribution in [0.1, 0.15) is 5.56 Å². The Bertz CT molecular complexity index is 1210. The number of halogens is 1. The van der Waals surface area contributed by atoms with Crippen LogP contribution in [0, 0.1) is 12.7 Å². The zero-order valence-electron chi connectivity index (χ0n) is 18.1. The summed E-state index contributed by atoms with van der Waals surface area (Å²) in [6.07, 6.45) is 0. The predicted octanol–water partition coefficient (Wildman–Crippen LogP) is 1.90. The molecular formula is C22H27FN2O5S2. The van der Waals surface area contributed by atoms with Crippen LogP contribution in [0.15, 0.2) is 47.4 Å². The third-order valence-electron chi connectivity index (χ3n) is 6.32. The highest BCUT2D eigenvalue weighted by atomic mass is 32.2. The maximum atomic E-state index is 13.5. The molecule has 0 radical (unpaired) electrons. The van der Waals surface area contributed by atoms with Crippen molar-refractivity contribution < 1.29 is 26.0 Å². The van der Waals surface area contributed by atoms with Gasteiger partial charge in [-0.05, 0) is 42.8 Å². The van der Waals surface area contributed by atoms with Gasteiger partial charge in [-0.1, -0.05) is 12.1 Å². The Morgan fingerprint density at radius 2 is 1.72 bits per heavy atom. The van der Waals surface area contributed by atoms with Crippen LogP contribution in [0.5, 0.6) is 5.75 Å². The summed E-state index contributed by atoms with van der Waals surface area (Å²) in [6, 6.07) is 10.6. The third-order valence-corrected chi connectivity index (χ3v) is 10.6. The van der Waals surface area contributed by atoms with Gasteiger partial charge in [-0.25, -0.2) is 21.2 Å². The molecular weight excluding hydrogens is 455 g/mol. The molecule has 7 nitrogen and oxygen atoms in total. The van der Waals surface area contributed by atoms with E-state index in [1.807, 2.05) is 29.2 Å². The Morgan fingerprint density at radius 1 is 1.03 bits per heavy atom. The Kier molecular flexibility index (Phi) is 6.21. The minimum atomic E-state index is -3.95. The molecule has 0 N–H and O–H groups in total. The molecule has 2 aromatic carbocycles. The highest BCUT2D eigenvalue weighted by molar-refractivity contribution is 7.96. The zero-order chi connectivity index (χ0) is 23.1. The summed E-state index contributed by atoms with van der Waals surface area (Å²) in [7, 11) is -5.85. The number of para-hydroxylation sites is 2. The minimum absolute atomic E-state index is 0.00124. The molecule has 2 atom stereocenters. The van der Waals surface area contributed by atoms with Gasteiger partial charge in [0, 0.05) is 32.2 Å². The number of benzene rings is 2. The second kappa shape index (κ2) is 8.64. The molecule has 0 saturated carbocycles. The van der Waals surface area contributed by atoms with E-state index in [0.29, 0.717) is 26.2 Å². The number of ether oxygens (including phenoxy) is 1.